The number of hydrogen-bond donors (Lipinski definition) is 1. The summed E-state index contributed by atoms with van der Waals surface area (Å²) in [6.07, 6.45) is 0. The molecular weight excluding hydrogens is 233 g/mol. The Morgan fingerprint density at radius 2 is 1.83 bits per heavy atom. The molecule has 5 nitrogen and oxygen atoms in total. The van der Waals surface area contributed by atoms with E-state index in [1.54, 1.807) is 30.1 Å². The van der Waals surface area contributed by atoms with Crippen molar-refractivity contribution in [3.05, 3.63) is 30.1 Å². The normalized spacial score (nSPS) is 10.2. The summed E-state index contributed by atoms with van der Waals surface area (Å²) >= 11 is 0. The molecule has 0 aliphatic rings. The molecular formula is C12H14FN5. The molecule has 0 saturated carbocycles. The fraction of sp³-hybridized carbons (Fsp3) is 0.250. The minimum atomic E-state index is -0.351. The number of benzene rings is 1. The highest BCUT2D eigenvalue weighted by molar-refractivity contribution is 5.58. The Hall–Kier alpha value is -2.24. The highest BCUT2D eigenvalue weighted by Gasteiger charge is 2.12. The number of halogens is 1. The van der Waals surface area contributed by atoms with Crippen LogP contribution in [0.25, 0.3) is 11.4 Å². The first kappa shape index (κ1) is 12.2. The number of rotatable bonds is 3. The second kappa shape index (κ2) is 4.95. The van der Waals surface area contributed by atoms with Crippen LogP contribution in [0.1, 0.15) is 0 Å². The van der Waals surface area contributed by atoms with E-state index in [1.807, 2.05) is 14.1 Å². The summed E-state index contributed by atoms with van der Waals surface area (Å²) in [6, 6.07) is 6.40. The van der Waals surface area contributed by atoms with E-state index in [0.29, 0.717) is 23.3 Å². The van der Waals surface area contributed by atoms with Crippen molar-refractivity contribution in [1.29, 1.82) is 0 Å². The topological polar surface area (TPSA) is 53.9 Å². The largest absolute Gasteiger partial charge is 0.357 e. The van der Waals surface area contributed by atoms with Crippen molar-refractivity contribution in [2.75, 3.05) is 31.4 Å². The van der Waals surface area contributed by atoms with E-state index in [2.05, 4.69) is 20.3 Å². The Morgan fingerprint density at radius 1 is 1.11 bits per heavy atom. The third-order valence-corrected chi connectivity index (χ3v) is 2.36. The zero-order valence-electron chi connectivity index (χ0n) is 10.5. The van der Waals surface area contributed by atoms with Gasteiger partial charge in [0.2, 0.25) is 11.9 Å². The molecule has 0 fully saturated rings. The predicted octanol–water partition coefficient (Wildman–Crippen LogP) is 1.79. The highest BCUT2D eigenvalue weighted by atomic mass is 19.1. The van der Waals surface area contributed by atoms with E-state index in [-0.39, 0.29) is 5.82 Å². The van der Waals surface area contributed by atoms with Crippen molar-refractivity contribution >= 4 is 11.9 Å². The molecule has 6 heteroatoms. The van der Waals surface area contributed by atoms with Gasteiger partial charge < -0.3 is 10.2 Å². The minimum Gasteiger partial charge on any atom is -0.357 e. The van der Waals surface area contributed by atoms with Crippen LogP contribution in [-0.2, 0) is 0 Å². The monoisotopic (exact) mass is 247 g/mol. The minimum absolute atomic E-state index is 0.316. The SMILES string of the molecule is CNc1nc(-c2ccccc2F)nc(N(C)C)n1. The Labute approximate surface area is 105 Å². The summed E-state index contributed by atoms with van der Waals surface area (Å²) in [5.41, 5.74) is 0.361. The van der Waals surface area contributed by atoms with E-state index in [9.17, 15) is 4.39 Å². The van der Waals surface area contributed by atoms with Crippen LogP contribution in [0, 0.1) is 5.82 Å². The molecule has 0 saturated heterocycles. The standard InChI is InChI=1S/C12H14FN5/c1-14-11-15-10(16-12(17-11)18(2)3)8-6-4-5-7-9(8)13/h4-7H,1-3H3,(H,14,15,16,17). The Balaban J connectivity index is 2.57. The number of aromatic nitrogens is 3. The van der Waals surface area contributed by atoms with Crippen LogP contribution < -0.4 is 10.2 Å². The van der Waals surface area contributed by atoms with Gasteiger partial charge in [-0.05, 0) is 12.1 Å². The van der Waals surface area contributed by atoms with Crippen molar-refractivity contribution in [3.63, 3.8) is 0 Å². The van der Waals surface area contributed by atoms with Crippen molar-refractivity contribution in [1.82, 2.24) is 15.0 Å². The number of nitrogens with zero attached hydrogens (tertiary/aromatic N) is 4. The number of anilines is 2. The molecule has 2 rings (SSSR count). The maximum Gasteiger partial charge on any atom is 0.230 e. The summed E-state index contributed by atoms with van der Waals surface area (Å²) in [7, 11) is 5.35. The van der Waals surface area contributed by atoms with E-state index in [0.717, 1.165) is 0 Å². The van der Waals surface area contributed by atoms with Crippen molar-refractivity contribution in [2.45, 2.75) is 0 Å². The van der Waals surface area contributed by atoms with E-state index >= 15 is 0 Å². The van der Waals surface area contributed by atoms with Crippen LogP contribution in [0.15, 0.2) is 24.3 Å². The second-order valence-electron chi connectivity index (χ2n) is 3.91. The van der Waals surface area contributed by atoms with Crippen LogP contribution in [0.4, 0.5) is 16.3 Å². The number of hydrogen-bond acceptors (Lipinski definition) is 5. The van der Waals surface area contributed by atoms with Gasteiger partial charge in [0.25, 0.3) is 0 Å². The Bertz CT molecular complexity index is 556. The lowest BCUT2D eigenvalue weighted by molar-refractivity contribution is 0.630. The summed E-state index contributed by atoms with van der Waals surface area (Å²) in [5.74, 6) is 0.853. The van der Waals surface area contributed by atoms with Crippen LogP contribution in [-0.4, -0.2) is 36.1 Å². The third kappa shape index (κ3) is 2.37. The lowest BCUT2D eigenvalue weighted by Gasteiger charge is -2.12. The van der Waals surface area contributed by atoms with Gasteiger partial charge in [-0.1, -0.05) is 12.1 Å². The molecule has 0 aliphatic heterocycles. The van der Waals surface area contributed by atoms with Crippen LogP contribution >= 0.6 is 0 Å². The molecule has 1 aromatic heterocycles. The maximum atomic E-state index is 13.7. The fourth-order valence-corrected chi connectivity index (χ4v) is 1.44. The molecule has 0 amide bonds. The zero-order chi connectivity index (χ0) is 13.1. The third-order valence-electron chi connectivity index (χ3n) is 2.36. The summed E-state index contributed by atoms with van der Waals surface area (Å²) in [5, 5.41) is 2.84. The van der Waals surface area contributed by atoms with Crippen molar-refractivity contribution < 1.29 is 4.39 Å². The molecule has 1 N–H and O–H groups in total. The van der Waals surface area contributed by atoms with Crippen LogP contribution in [0.2, 0.25) is 0 Å². The van der Waals surface area contributed by atoms with E-state index in [4.69, 9.17) is 0 Å². The molecule has 2 aromatic rings. The van der Waals surface area contributed by atoms with Gasteiger partial charge >= 0.3 is 0 Å². The first-order valence-corrected chi connectivity index (χ1v) is 5.48. The van der Waals surface area contributed by atoms with Gasteiger partial charge in [0, 0.05) is 21.1 Å². The van der Waals surface area contributed by atoms with E-state index < -0.39 is 0 Å². The lowest BCUT2D eigenvalue weighted by atomic mass is 10.2. The molecule has 0 bridgehead atoms. The first-order chi connectivity index (χ1) is 8.61. The van der Waals surface area contributed by atoms with Gasteiger partial charge in [0.1, 0.15) is 5.82 Å². The summed E-state index contributed by atoms with van der Waals surface area (Å²) in [6.45, 7) is 0. The van der Waals surface area contributed by atoms with Gasteiger partial charge in [0.05, 0.1) is 5.56 Å². The Kier molecular flexibility index (Phi) is 3.36. The Morgan fingerprint density at radius 3 is 2.44 bits per heavy atom. The molecule has 0 unspecified atom stereocenters. The van der Waals surface area contributed by atoms with Crippen LogP contribution in [0.3, 0.4) is 0 Å². The van der Waals surface area contributed by atoms with E-state index in [1.165, 1.54) is 6.07 Å². The smallest absolute Gasteiger partial charge is 0.230 e. The molecule has 0 spiro atoms. The quantitative estimate of drug-likeness (QED) is 0.896. The van der Waals surface area contributed by atoms with Crippen molar-refractivity contribution in [2.24, 2.45) is 0 Å². The molecule has 1 aromatic carbocycles. The highest BCUT2D eigenvalue weighted by Crippen LogP contribution is 2.21. The predicted molar refractivity (Wildman–Crippen MR) is 69.1 cm³/mol. The molecule has 94 valence electrons. The van der Waals surface area contributed by atoms with Gasteiger partial charge in [-0.25, -0.2) is 4.39 Å². The average Bonchev–Trinajstić information content (AvgIpc) is 2.38. The summed E-state index contributed by atoms with van der Waals surface area (Å²) in [4.78, 5) is 14.3. The average molecular weight is 247 g/mol. The summed E-state index contributed by atoms with van der Waals surface area (Å²) < 4.78 is 13.7. The number of nitrogens with one attached hydrogen (secondary N) is 1. The maximum absolute atomic E-state index is 13.7. The first-order valence-electron chi connectivity index (χ1n) is 5.48. The molecule has 0 aliphatic carbocycles. The van der Waals surface area contributed by atoms with Gasteiger partial charge in [-0.15, -0.1) is 0 Å². The van der Waals surface area contributed by atoms with Gasteiger partial charge in [-0.3, -0.25) is 0 Å². The molecule has 18 heavy (non-hydrogen) atoms. The lowest BCUT2D eigenvalue weighted by Crippen LogP contribution is -2.15. The molecule has 1 heterocycles. The van der Waals surface area contributed by atoms with Gasteiger partial charge in [0.15, 0.2) is 5.82 Å². The fourth-order valence-electron chi connectivity index (χ4n) is 1.44. The molecule has 0 atom stereocenters. The van der Waals surface area contributed by atoms with Crippen LogP contribution in [0.5, 0.6) is 0 Å². The second-order valence-corrected chi connectivity index (χ2v) is 3.91. The zero-order valence-corrected chi connectivity index (χ0v) is 10.5. The molecule has 0 radical (unpaired) electrons. The van der Waals surface area contributed by atoms with Crippen molar-refractivity contribution in [3.8, 4) is 11.4 Å². The van der Waals surface area contributed by atoms with Gasteiger partial charge in [-0.2, -0.15) is 15.0 Å².